The second kappa shape index (κ2) is 56.3. The Morgan fingerprint density at radius 3 is 0.675 bits per heavy atom. The third kappa shape index (κ3) is 331. The molecule has 14 heteroatoms. The van der Waals surface area contributed by atoms with Crippen LogP contribution in [0.1, 0.15) is 62.3 Å². The Kier molecular flexibility index (Phi) is 86.2. The number of Topliss-reactive ketones (excluding diaryl/α,β-unsaturated/α-hetero) is 7. The largest absolute Gasteiger partial charge is 0.304 e. The summed E-state index contributed by atoms with van der Waals surface area (Å²) in [4.78, 5) is 77.8. The van der Waals surface area contributed by atoms with Gasteiger partial charge in [-0.2, -0.15) is 0 Å². The Bertz CT molecular complexity index is 577. The van der Waals surface area contributed by atoms with Gasteiger partial charge in [0.1, 0.15) is 38.9 Å². The topological polar surface area (TPSA) is 140 Å². The van der Waals surface area contributed by atoms with E-state index in [0.717, 1.165) is 13.0 Å². The molecule has 0 saturated heterocycles. The maximum atomic E-state index is 11.0. The number of carbonyl (C=O) groups excluding carboxylic acids is 8. The number of nitrogens with zero attached hydrogens (tertiary/aromatic N) is 1. The van der Waals surface area contributed by atoms with Crippen molar-refractivity contribution in [2.24, 2.45) is 0 Å². The van der Waals surface area contributed by atoms with Gasteiger partial charge in [0.05, 0.1) is 7.18 Å². The predicted octanol–water partition coefficient (Wildman–Crippen LogP) is 4.65. The molecule has 0 bridgehead atoms. The molecule has 0 fully saturated rings. The Hall–Kier alpha value is -2.90. The number of hydrogen-bond acceptors (Lipinski definition) is 9. The van der Waals surface area contributed by atoms with Gasteiger partial charge in [-0.3, -0.25) is 38.1 Å². The van der Waals surface area contributed by atoms with Crippen molar-refractivity contribution < 1.29 is 55.9 Å². The van der Waals surface area contributed by atoms with E-state index in [1.54, 1.807) is 14.1 Å². The highest BCUT2D eigenvalue weighted by Gasteiger charge is 1.94. The second-order valence-corrected chi connectivity index (χ2v) is 7.97. The summed E-state index contributed by atoms with van der Waals surface area (Å²) in [6.07, 6.45) is 0.750. The van der Waals surface area contributed by atoms with E-state index in [2.05, 4.69) is 20.5 Å². The monoisotopic (exact) mass is 593 g/mol. The van der Waals surface area contributed by atoms with Crippen molar-refractivity contribution in [2.45, 2.75) is 82.8 Å². The first kappa shape index (κ1) is 61.2. The number of aldehydes is 1. The van der Waals surface area contributed by atoms with Crippen molar-refractivity contribution in [2.75, 3.05) is 41.4 Å². The average Bonchev–Trinajstić information content (AvgIpc) is 2.81. The molecule has 0 heterocycles. The van der Waals surface area contributed by atoms with Crippen LogP contribution in [0.2, 0.25) is 20.5 Å². The normalized spacial score (nSPS) is 7.20. The number of carbonyl (C=O) groups is 8. The van der Waals surface area contributed by atoms with E-state index in [9.17, 15) is 51.1 Å². The van der Waals surface area contributed by atoms with E-state index in [0.29, 0.717) is 7.18 Å². The highest BCUT2D eigenvalue weighted by Crippen LogP contribution is 1.69. The van der Waals surface area contributed by atoms with Gasteiger partial charge in [-0.1, -0.05) is 20.5 Å². The standard InChI is InChI=1S/2C4H6O2.C3H9B.C3H8FN.2C3H5FO.C3H6O.C2H4O.CH3F/c2*1-3(5)4(2)6;1-4(2)3;1-5(2)3-4;2*1-3(5)2-4;1-3(2)4;1-2-3;1-2/h2*1-2H3;1-3H3;3H2,1-2H3;2*2H2,1H3;1-2H3;2H,1H3;1H3. The van der Waals surface area contributed by atoms with E-state index < -0.39 is 24.9 Å². The molecule has 0 aliphatic carbocycles. The highest BCUT2D eigenvalue weighted by atomic mass is 19.1. The lowest BCUT2D eigenvalue weighted by molar-refractivity contribution is -0.134. The Balaban J connectivity index is -0.0000000391. The van der Waals surface area contributed by atoms with Crippen LogP contribution < -0.4 is 0 Å². The van der Waals surface area contributed by atoms with E-state index >= 15 is 0 Å². The van der Waals surface area contributed by atoms with Gasteiger partial charge in [-0.05, 0) is 48.7 Å². The van der Waals surface area contributed by atoms with Crippen molar-refractivity contribution >= 4 is 53.5 Å². The van der Waals surface area contributed by atoms with Crippen molar-refractivity contribution in [1.82, 2.24) is 4.90 Å². The second-order valence-electron chi connectivity index (χ2n) is 7.97. The SMILES string of the molecule is CB(C)C.CC(=O)C(C)=O.CC(=O)C(C)=O.CC(=O)CF.CC(=O)CF.CC(C)=O.CC=O.CF.CN(C)CF. The van der Waals surface area contributed by atoms with Crippen molar-refractivity contribution in [3.63, 3.8) is 0 Å². The van der Waals surface area contributed by atoms with Gasteiger partial charge in [0.25, 0.3) is 0 Å². The van der Waals surface area contributed by atoms with Gasteiger partial charge in [0, 0.05) is 27.7 Å². The van der Waals surface area contributed by atoms with Gasteiger partial charge in [-0.25, -0.2) is 13.2 Å². The van der Waals surface area contributed by atoms with Crippen LogP contribution in [-0.4, -0.2) is 99.8 Å². The summed E-state index contributed by atoms with van der Waals surface area (Å²) in [5.74, 6) is -2.18. The first-order valence-electron chi connectivity index (χ1n) is 11.6. The molecule has 0 atom stereocenters. The van der Waals surface area contributed by atoms with E-state index in [-0.39, 0.29) is 35.7 Å². The average molecular weight is 594 g/mol. The number of halogens is 4. The molecular formula is C26H52BF4NO8. The summed E-state index contributed by atoms with van der Waals surface area (Å²) in [5, 5.41) is 0. The van der Waals surface area contributed by atoms with Gasteiger partial charge in [0.2, 0.25) is 0 Å². The molecule has 0 amide bonds. The molecule has 0 aromatic carbocycles. The number of alkyl halides is 4. The Labute approximate surface area is 238 Å². The minimum Gasteiger partial charge on any atom is -0.304 e. The maximum Gasteiger partial charge on any atom is 0.195 e. The zero-order valence-electron chi connectivity index (χ0n) is 27.0. The summed E-state index contributed by atoms with van der Waals surface area (Å²) in [6, 6.07) is 0. The minimum atomic E-state index is -0.833. The van der Waals surface area contributed by atoms with E-state index in [4.69, 9.17) is 4.79 Å². The van der Waals surface area contributed by atoms with Crippen LogP contribution >= 0.6 is 0 Å². The summed E-state index contributed by atoms with van der Waals surface area (Å²) < 4.78 is 42.1. The minimum absolute atomic E-state index is 0.167. The molecule has 0 aromatic rings. The molecule has 0 aromatic heterocycles. The Morgan fingerprint density at radius 2 is 0.675 bits per heavy atom. The molecular weight excluding hydrogens is 541 g/mol. The van der Waals surface area contributed by atoms with Crippen LogP contribution in [0.4, 0.5) is 17.6 Å². The Morgan fingerprint density at radius 1 is 0.600 bits per heavy atom. The van der Waals surface area contributed by atoms with Gasteiger partial charge >= 0.3 is 0 Å². The third-order valence-electron chi connectivity index (χ3n) is 1.61. The van der Waals surface area contributed by atoms with E-state index in [1.165, 1.54) is 67.2 Å². The molecule has 0 rings (SSSR count). The smallest absolute Gasteiger partial charge is 0.195 e. The van der Waals surface area contributed by atoms with Crippen LogP contribution in [0.3, 0.4) is 0 Å². The fraction of sp³-hybridized carbons (Fsp3) is 0.692. The molecule has 0 aliphatic rings. The van der Waals surface area contributed by atoms with Gasteiger partial charge in [-0.15, -0.1) is 0 Å². The zero-order chi connectivity index (χ0) is 35.0. The first-order valence-corrected chi connectivity index (χ1v) is 11.6. The lowest BCUT2D eigenvalue weighted by Gasteiger charge is -1.96. The molecule has 0 unspecified atom stereocenters. The lowest BCUT2D eigenvalue weighted by Crippen LogP contribution is -2.07. The lowest BCUT2D eigenvalue weighted by atomic mass is 9.58. The first-order chi connectivity index (χ1) is 18.0. The molecule has 40 heavy (non-hydrogen) atoms. The molecule has 0 radical (unpaired) electrons. The number of hydrogen-bond donors (Lipinski definition) is 0. The molecule has 0 N–H and O–H groups in total. The van der Waals surface area contributed by atoms with Crippen LogP contribution in [0.25, 0.3) is 0 Å². The summed E-state index contributed by atoms with van der Waals surface area (Å²) in [6.45, 7) is 17.2. The number of ketones is 7. The summed E-state index contributed by atoms with van der Waals surface area (Å²) in [7, 11) is 3.86. The van der Waals surface area contributed by atoms with Gasteiger partial charge < -0.3 is 9.59 Å². The van der Waals surface area contributed by atoms with Crippen LogP contribution in [-0.2, 0) is 38.4 Å². The highest BCUT2D eigenvalue weighted by molar-refractivity contribution is 6.54. The molecule has 0 spiro atoms. The molecule has 9 nitrogen and oxygen atoms in total. The summed E-state index contributed by atoms with van der Waals surface area (Å²) in [5.41, 5.74) is 0. The van der Waals surface area contributed by atoms with Crippen molar-refractivity contribution in [1.29, 1.82) is 0 Å². The van der Waals surface area contributed by atoms with Crippen LogP contribution in [0.15, 0.2) is 0 Å². The van der Waals surface area contributed by atoms with Gasteiger partial charge in [0.15, 0.2) is 34.7 Å². The number of rotatable bonds is 5. The summed E-state index contributed by atoms with van der Waals surface area (Å²) >= 11 is 0. The molecule has 0 aliphatic heterocycles. The fourth-order valence-corrected chi connectivity index (χ4v) is 0. The van der Waals surface area contributed by atoms with Crippen LogP contribution in [0.5, 0.6) is 0 Å². The van der Waals surface area contributed by atoms with E-state index in [1.807, 2.05) is 0 Å². The molecule has 0 saturated carbocycles. The molecule has 240 valence electrons. The van der Waals surface area contributed by atoms with Crippen molar-refractivity contribution in [3.05, 3.63) is 0 Å². The van der Waals surface area contributed by atoms with Crippen LogP contribution in [0, 0.1) is 0 Å². The fourth-order valence-electron chi connectivity index (χ4n) is 0. The van der Waals surface area contributed by atoms with Crippen molar-refractivity contribution in [3.8, 4) is 0 Å². The third-order valence-corrected chi connectivity index (χ3v) is 1.61. The predicted molar refractivity (Wildman–Crippen MR) is 154 cm³/mol. The quantitative estimate of drug-likeness (QED) is 0.146. The maximum absolute atomic E-state index is 11.0. The zero-order valence-corrected chi connectivity index (χ0v) is 27.0.